The van der Waals surface area contributed by atoms with Crippen molar-refractivity contribution in [3.05, 3.63) is 87.1 Å². The van der Waals surface area contributed by atoms with Gasteiger partial charge in [0.05, 0.1) is 31.1 Å². The highest BCUT2D eigenvalue weighted by molar-refractivity contribution is 5.99. The first-order valence-corrected chi connectivity index (χ1v) is 12.8. The van der Waals surface area contributed by atoms with E-state index in [2.05, 4.69) is 5.32 Å². The van der Waals surface area contributed by atoms with Crippen molar-refractivity contribution in [3.8, 4) is 5.75 Å². The summed E-state index contributed by atoms with van der Waals surface area (Å²) in [5.74, 6) is -4.81. The highest BCUT2D eigenvalue weighted by atomic mass is 19.1. The minimum Gasteiger partial charge on any atom is -0.491 e. The first kappa shape index (κ1) is 25.8. The second-order valence-electron chi connectivity index (χ2n) is 10.4. The number of rotatable bonds is 4. The Kier molecular flexibility index (Phi) is 5.82. The van der Waals surface area contributed by atoms with Gasteiger partial charge in [-0.25, -0.2) is 13.2 Å². The number of benzene rings is 2. The molecule has 3 aliphatic rings. The Morgan fingerprint density at radius 2 is 1.88 bits per heavy atom. The van der Waals surface area contributed by atoms with Gasteiger partial charge in [-0.05, 0) is 31.9 Å². The molecule has 1 aromatic heterocycles. The molecule has 6 rings (SSSR count). The summed E-state index contributed by atoms with van der Waals surface area (Å²) < 4.78 is 50.6. The lowest BCUT2D eigenvalue weighted by Crippen LogP contribution is -2.60. The summed E-state index contributed by atoms with van der Waals surface area (Å²) in [5.41, 5.74) is 4.25. The Morgan fingerprint density at radius 1 is 1.18 bits per heavy atom. The summed E-state index contributed by atoms with van der Waals surface area (Å²) in [7, 11) is 1.23. The number of nitrogens with two attached hydrogens (primary N) is 1. The standard InChI is InChI=1S/C28H26F3N5O4/c1-14-7-8-28(22-13-34(14)27(39)23-25(40-2)24(37)17(26(32)38)11-35(22)23)33-20-5-3-4-6-21(20)36(28)12-16-18(30)9-15(29)10-19(16)31/h3-6,9-11,14,22,33H,7-8,12-13H2,1-2H3,(H2,32,38)/t14-,22+,28?/m0/s1. The van der Waals surface area contributed by atoms with E-state index in [-0.39, 0.29) is 41.7 Å². The molecule has 1 unspecified atom stereocenters. The molecule has 3 N–H and O–H groups in total. The molecule has 0 aliphatic carbocycles. The summed E-state index contributed by atoms with van der Waals surface area (Å²) in [6.07, 6.45) is 2.17. The average molecular weight is 554 g/mol. The fourth-order valence-corrected chi connectivity index (χ4v) is 6.33. The zero-order chi connectivity index (χ0) is 28.5. The maximum absolute atomic E-state index is 15.0. The quantitative estimate of drug-likeness (QED) is 0.513. The average Bonchev–Trinajstić information content (AvgIpc) is 3.16. The fourth-order valence-electron chi connectivity index (χ4n) is 6.33. The van der Waals surface area contributed by atoms with Gasteiger partial charge in [-0.3, -0.25) is 14.4 Å². The molecule has 3 atom stereocenters. The van der Waals surface area contributed by atoms with E-state index in [4.69, 9.17) is 10.5 Å². The maximum atomic E-state index is 15.0. The molecule has 4 heterocycles. The normalized spacial score (nSPS) is 23.0. The number of carbonyl (C=O) groups is 2. The SMILES string of the molecule is COc1c2n(cc(C(N)=O)c1=O)[C@@H]1CN(C2=O)[C@@H](C)CCC12Nc1ccccc1N2Cc1c(F)cc(F)cc1F. The number of primary amides is 1. The topological polar surface area (TPSA) is 110 Å². The van der Waals surface area contributed by atoms with E-state index in [0.717, 1.165) is 0 Å². The number of carbonyl (C=O) groups excluding carboxylic acids is 2. The fraction of sp³-hybridized carbons (Fsp3) is 0.321. The lowest BCUT2D eigenvalue weighted by atomic mass is 9.91. The van der Waals surface area contributed by atoms with Crippen LogP contribution in [0.2, 0.25) is 0 Å². The molecule has 2 aromatic carbocycles. The molecule has 1 spiro atoms. The number of ether oxygens (including phenoxy) is 1. The number of amides is 2. The lowest BCUT2D eigenvalue weighted by Gasteiger charge is -2.48. The summed E-state index contributed by atoms with van der Waals surface area (Å²) in [6.45, 7) is 1.77. The first-order valence-electron chi connectivity index (χ1n) is 12.8. The number of nitrogens with zero attached hydrogens (tertiary/aromatic N) is 3. The van der Waals surface area contributed by atoms with Crippen LogP contribution >= 0.6 is 0 Å². The minimum absolute atomic E-state index is 0.0428. The van der Waals surface area contributed by atoms with Crippen LogP contribution in [0.25, 0.3) is 0 Å². The molecule has 12 heteroatoms. The third-order valence-electron chi connectivity index (χ3n) is 8.31. The van der Waals surface area contributed by atoms with Crippen LogP contribution in [-0.4, -0.2) is 46.6 Å². The van der Waals surface area contributed by atoms with E-state index < -0.39 is 46.4 Å². The molecular formula is C28H26F3N5O4. The van der Waals surface area contributed by atoms with Crippen LogP contribution in [0.3, 0.4) is 0 Å². The summed E-state index contributed by atoms with van der Waals surface area (Å²) in [6, 6.07) is 7.59. The Bertz CT molecular complexity index is 1620. The number of methoxy groups -OCH3 is 1. The van der Waals surface area contributed by atoms with E-state index in [1.807, 2.05) is 24.0 Å². The van der Waals surface area contributed by atoms with Crippen molar-refractivity contribution in [1.82, 2.24) is 9.47 Å². The van der Waals surface area contributed by atoms with E-state index in [1.54, 1.807) is 17.0 Å². The first-order chi connectivity index (χ1) is 19.1. The van der Waals surface area contributed by atoms with Crippen LogP contribution in [-0.2, 0) is 6.54 Å². The second kappa shape index (κ2) is 9.04. The molecule has 9 nitrogen and oxygen atoms in total. The number of aromatic nitrogens is 1. The molecular weight excluding hydrogens is 527 g/mol. The van der Waals surface area contributed by atoms with Gasteiger partial charge in [0, 0.05) is 36.5 Å². The Labute approximate surface area is 226 Å². The van der Waals surface area contributed by atoms with Crippen LogP contribution in [0.4, 0.5) is 24.5 Å². The van der Waals surface area contributed by atoms with Crippen molar-refractivity contribution in [1.29, 1.82) is 0 Å². The molecule has 208 valence electrons. The zero-order valence-corrected chi connectivity index (χ0v) is 21.7. The van der Waals surface area contributed by atoms with Crippen LogP contribution < -0.4 is 26.1 Å². The number of anilines is 2. The van der Waals surface area contributed by atoms with Gasteiger partial charge in [0.25, 0.3) is 11.8 Å². The van der Waals surface area contributed by atoms with Crippen molar-refractivity contribution in [2.75, 3.05) is 23.9 Å². The largest absolute Gasteiger partial charge is 0.491 e. The molecule has 3 aromatic rings. The van der Waals surface area contributed by atoms with Crippen molar-refractivity contribution in [3.63, 3.8) is 0 Å². The van der Waals surface area contributed by atoms with Gasteiger partial charge in [-0.2, -0.15) is 0 Å². The maximum Gasteiger partial charge on any atom is 0.274 e. The highest BCUT2D eigenvalue weighted by Crippen LogP contribution is 2.51. The molecule has 2 amide bonds. The molecule has 40 heavy (non-hydrogen) atoms. The van der Waals surface area contributed by atoms with Gasteiger partial charge in [0.15, 0.2) is 11.4 Å². The Morgan fingerprint density at radius 3 is 2.55 bits per heavy atom. The lowest BCUT2D eigenvalue weighted by molar-refractivity contribution is 0.0583. The second-order valence-corrected chi connectivity index (χ2v) is 10.4. The number of nitrogens with one attached hydrogen (secondary N) is 1. The molecule has 3 aliphatic heterocycles. The van der Waals surface area contributed by atoms with Gasteiger partial charge in [0.2, 0.25) is 5.43 Å². The molecule has 1 fully saturated rings. The van der Waals surface area contributed by atoms with E-state index >= 15 is 0 Å². The number of para-hydroxylation sites is 2. The van der Waals surface area contributed by atoms with Crippen molar-refractivity contribution in [2.45, 2.75) is 44.1 Å². The molecule has 2 bridgehead atoms. The number of hydrogen-bond donors (Lipinski definition) is 2. The Balaban J connectivity index is 1.62. The third-order valence-corrected chi connectivity index (χ3v) is 8.31. The number of pyridine rings is 1. The Hall–Kier alpha value is -4.48. The summed E-state index contributed by atoms with van der Waals surface area (Å²) in [4.78, 5) is 42.5. The van der Waals surface area contributed by atoms with Gasteiger partial charge in [0.1, 0.15) is 28.7 Å². The van der Waals surface area contributed by atoms with Gasteiger partial charge in [-0.15, -0.1) is 0 Å². The van der Waals surface area contributed by atoms with Crippen molar-refractivity contribution >= 4 is 23.2 Å². The van der Waals surface area contributed by atoms with Crippen LogP contribution in [0.1, 0.15) is 52.2 Å². The predicted molar refractivity (Wildman–Crippen MR) is 140 cm³/mol. The minimum atomic E-state index is -1.09. The zero-order valence-electron chi connectivity index (χ0n) is 21.7. The molecule has 0 saturated carbocycles. The summed E-state index contributed by atoms with van der Waals surface area (Å²) in [5, 5.41) is 3.56. The highest BCUT2D eigenvalue weighted by Gasteiger charge is 2.56. The monoisotopic (exact) mass is 553 g/mol. The van der Waals surface area contributed by atoms with Crippen LogP contribution in [0, 0.1) is 17.5 Å². The van der Waals surface area contributed by atoms with Crippen molar-refractivity contribution < 1.29 is 27.5 Å². The van der Waals surface area contributed by atoms with Gasteiger partial charge < -0.3 is 30.2 Å². The van der Waals surface area contributed by atoms with E-state index in [0.29, 0.717) is 36.3 Å². The third kappa shape index (κ3) is 3.58. The summed E-state index contributed by atoms with van der Waals surface area (Å²) >= 11 is 0. The van der Waals surface area contributed by atoms with Crippen molar-refractivity contribution in [2.24, 2.45) is 5.73 Å². The molecule has 1 saturated heterocycles. The number of fused-ring (bicyclic) bond motifs is 6. The number of halogens is 3. The smallest absolute Gasteiger partial charge is 0.274 e. The number of hydrogen-bond acceptors (Lipinski definition) is 6. The van der Waals surface area contributed by atoms with E-state index in [1.165, 1.54) is 17.9 Å². The van der Waals surface area contributed by atoms with Crippen LogP contribution in [0.15, 0.2) is 47.4 Å². The van der Waals surface area contributed by atoms with E-state index in [9.17, 15) is 27.6 Å². The van der Waals surface area contributed by atoms with Gasteiger partial charge in [-0.1, -0.05) is 12.1 Å². The predicted octanol–water partition coefficient (Wildman–Crippen LogP) is 3.38. The van der Waals surface area contributed by atoms with Crippen LogP contribution in [0.5, 0.6) is 5.75 Å². The molecule has 0 radical (unpaired) electrons. The van der Waals surface area contributed by atoms with Gasteiger partial charge >= 0.3 is 0 Å².